The number of hydrogen-bond donors (Lipinski definition) is 3. The van der Waals surface area contributed by atoms with E-state index in [1.54, 1.807) is 0 Å². The minimum atomic E-state index is -4.64. The van der Waals surface area contributed by atoms with E-state index in [-0.39, 0.29) is 16.9 Å². The predicted molar refractivity (Wildman–Crippen MR) is 111 cm³/mol. The lowest BCUT2D eigenvalue weighted by Gasteiger charge is -2.22. The van der Waals surface area contributed by atoms with Gasteiger partial charge in [-0.25, -0.2) is 10.9 Å². The first-order valence-corrected chi connectivity index (χ1v) is 9.65. The van der Waals surface area contributed by atoms with Crippen molar-refractivity contribution in [1.29, 1.82) is 0 Å². The van der Waals surface area contributed by atoms with Crippen LogP contribution >= 0.6 is 11.6 Å². The largest absolute Gasteiger partial charge is 0.451 e. The van der Waals surface area contributed by atoms with E-state index in [0.29, 0.717) is 10.1 Å². The Hall–Kier alpha value is -3.83. The number of halogens is 4. The SMILES string of the molecule is NCC(=O)N(NC(=O)c1ccc(Cl)cc1)NC(=O)c1ccc(-c2ccccc2C(F)(F)F)o1. The lowest BCUT2D eigenvalue weighted by atomic mass is 10.1. The van der Waals surface area contributed by atoms with Crippen LogP contribution in [0.1, 0.15) is 26.5 Å². The van der Waals surface area contributed by atoms with Gasteiger partial charge in [-0.3, -0.25) is 14.4 Å². The number of rotatable bonds is 4. The molecule has 3 rings (SSSR count). The highest BCUT2D eigenvalue weighted by atomic mass is 35.5. The van der Waals surface area contributed by atoms with E-state index in [1.165, 1.54) is 48.5 Å². The second-order valence-electron chi connectivity index (χ2n) is 6.53. The number of alkyl halides is 3. The van der Waals surface area contributed by atoms with Crippen LogP contribution in [0.15, 0.2) is 65.1 Å². The number of hydrazine groups is 2. The smallest absolute Gasteiger partial charge is 0.417 e. The normalized spacial score (nSPS) is 11.1. The second kappa shape index (κ2) is 9.76. The summed E-state index contributed by atoms with van der Waals surface area (Å²) in [6.07, 6.45) is -4.64. The Balaban J connectivity index is 1.79. The molecule has 0 aliphatic rings. The third-order valence-electron chi connectivity index (χ3n) is 4.28. The van der Waals surface area contributed by atoms with Crippen molar-refractivity contribution in [1.82, 2.24) is 16.0 Å². The molecule has 0 saturated carbocycles. The molecule has 0 spiro atoms. The number of carbonyl (C=O) groups excluding carboxylic acids is 3. The van der Waals surface area contributed by atoms with Gasteiger partial charge in [0.2, 0.25) is 0 Å². The van der Waals surface area contributed by atoms with Crippen LogP contribution in [0.2, 0.25) is 5.02 Å². The highest BCUT2D eigenvalue weighted by Gasteiger charge is 2.34. The standard InChI is InChI=1S/C21H16ClF3N4O4/c22-13-7-5-12(6-8-13)19(31)27-29(18(30)11-26)28-20(32)17-10-9-16(33-17)14-3-1-2-4-15(14)21(23,24)25/h1-10H,11,26H2,(H,27,31)(H,28,32). The summed E-state index contributed by atoms with van der Waals surface area (Å²) in [6.45, 7) is -0.566. The zero-order chi connectivity index (χ0) is 24.2. The van der Waals surface area contributed by atoms with Crippen molar-refractivity contribution in [3.05, 3.63) is 82.6 Å². The number of nitrogens with one attached hydrogen (secondary N) is 2. The Morgan fingerprint density at radius 2 is 1.58 bits per heavy atom. The second-order valence-corrected chi connectivity index (χ2v) is 6.97. The van der Waals surface area contributed by atoms with Gasteiger partial charge >= 0.3 is 12.1 Å². The van der Waals surface area contributed by atoms with E-state index in [9.17, 15) is 27.6 Å². The lowest BCUT2D eigenvalue weighted by Crippen LogP contribution is -2.57. The highest BCUT2D eigenvalue weighted by Crippen LogP contribution is 2.37. The van der Waals surface area contributed by atoms with Gasteiger partial charge in [-0.15, -0.1) is 0 Å². The zero-order valence-corrected chi connectivity index (χ0v) is 17.4. The maximum absolute atomic E-state index is 13.3. The number of hydrogen-bond acceptors (Lipinski definition) is 5. The molecule has 3 aromatic rings. The third kappa shape index (κ3) is 5.70. The molecule has 0 atom stereocenters. The average molecular weight is 481 g/mol. The van der Waals surface area contributed by atoms with Crippen LogP contribution in [0.25, 0.3) is 11.3 Å². The van der Waals surface area contributed by atoms with Crippen molar-refractivity contribution in [3.8, 4) is 11.3 Å². The van der Waals surface area contributed by atoms with Gasteiger partial charge in [-0.2, -0.15) is 18.3 Å². The maximum Gasteiger partial charge on any atom is 0.417 e. The number of carbonyl (C=O) groups is 3. The molecule has 3 amide bonds. The molecule has 12 heteroatoms. The molecule has 33 heavy (non-hydrogen) atoms. The summed E-state index contributed by atoms with van der Waals surface area (Å²) in [5.74, 6) is -3.26. The first-order chi connectivity index (χ1) is 15.6. The number of benzene rings is 2. The molecule has 0 radical (unpaired) electrons. The van der Waals surface area contributed by atoms with Crippen LogP contribution in [0.3, 0.4) is 0 Å². The summed E-state index contributed by atoms with van der Waals surface area (Å²) < 4.78 is 45.1. The fourth-order valence-corrected chi connectivity index (χ4v) is 2.84. The molecule has 8 nitrogen and oxygen atoms in total. The molecule has 1 heterocycles. The molecule has 0 fully saturated rings. The highest BCUT2D eigenvalue weighted by molar-refractivity contribution is 6.30. The summed E-state index contributed by atoms with van der Waals surface area (Å²) in [5, 5.41) is 0.848. The molecule has 0 aliphatic carbocycles. The van der Waals surface area contributed by atoms with E-state index in [4.69, 9.17) is 21.8 Å². The van der Waals surface area contributed by atoms with Gasteiger partial charge in [-0.05, 0) is 42.5 Å². The van der Waals surface area contributed by atoms with Crippen LogP contribution in [0.4, 0.5) is 13.2 Å². The van der Waals surface area contributed by atoms with Crippen molar-refractivity contribution >= 4 is 29.3 Å². The quantitative estimate of drug-likeness (QED) is 0.495. The average Bonchev–Trinajstić information content (AvgIpc) is 3.28. The fraction of sp³-hybridized carbons (Fsp3) is 0.0952. The van der Waals surface area contributed by atoms with Gasteiger partial charge in [-0.1, -0.05) is 29.8 Å². The predicted octanol–water partition coefficient (Wildman–Crippen LogP) is 3.40. The van der Waals surface area contributed by atoms with Gasteiger partial charge in [0.25, 0.3) is 11.8 Å². The van der Waals surface area contributed by atoms with Crippen LogP contribution < -0.4 is 16.6 Å². The fourth-order valence-electron chi connectivity index (χ4n) is 2.72. The Morgan fingerprint density at radius 3 is 2.21 bits per heavy atom. The summed E-state index contributed by atoms with van der Waals surface area (Å²) in [7, 11) is 0. The molecule has 4 N–H and O–H groups in total. The van der Waals surface area contributed by atoms with E-state index >= 15 is 0 Å². The number of nitrogens with two attached hydrogens (primary N) is 1. The number of amides is 3. The monoisotopic (exact) mass is 480 g/mol. The van der Waals surface area contributed by atoms with Gasteiger partial charge in [0.15, 0.2) is 5.76 Å². The van der Waals surface area contributed by atoms with Gasteiger partial charge in [0, 0.05) is 16.1 Å². The molecule has 0 aliphatic heterocycles. The van der Waals surface area contributed by atoms with E-state index in [2.05, 4.69) is 10.9 Å². The Labute approximate surface area is 190 Å². The zero-order valence-electron chi connectivity index (χ0n) is 16.7. The molecule has 2 aromatic carbocycles. The molecule has 172 valence electrons. The Morgan fingerprint density at radius 1 is 0.939 bits per heavy atom. The lowest BCUT2D eigenvalue weighted by molar-refractivity contribution is -0.137. The van der Waals surface area contributed by atoms with E-state index in [1.807, 2.05) is 0 Å². The van der Waals surface area contributed by atoms with Gasteiger partial charge in [0.05, 0.1) is 12.1 Å². The summed E-state index contributed by atoms with van der Waals surface area (Å²) in [4.78, 5) is 37.0. The first kappa shape index (κ1) is 23.8. The van der Waals surface area contributed by atoms with Crippen molar-refractivity contribution in [2.24, 2.45) is 5.73 Å². The number of nitrogens with zero attached hydrogens (tertiary/aromatic N) is 1. The summed E-state index contributed by atoms with van der Waals surface area (Å²) in [6, 6.07) is 12.7. The Bertz CT molecular complexity index is 1180. The topological polar surface area (TPSA) is 118 Å². The molecule has 0 saturated heterocycles. The minimum Gasteiger partial charge on any atom is -0.451 e. The molecule has 0 bridgehead atoms. The van der Waals surface area contributed by atoms with Gasteiger partial charge < -0.3 is 10.2 Å². The van der Waals surface area contributed by atoms with Crippen LogP contribution in [-0.4, -0.2) is 29.4 Å². The van der Waals surface area contributed by atoms with Crippen LogP contribution in [0.5, 0.6) is 0 Å². The van der Waals surface area contributed by atoms with E-state index in [0.717, 1.165) is 12.1 Å². The first-order valence-electron chi connectivity index (χ1n) is 9.27. The maximum atomic E-state index is 13.3. The molecule has 0 unspecified atom stereocenters. The third-order valence-corrected chi connectivity index (χ3v) is 4.54. The van der Waals surface area contributed by atoms with Crippen LogP contribution in [0, 0.1) is 0 Å². The van der Waals surface area contributed by atoms with Crippen molar-refractivity contribution < 1.29 is 32.0 Å². The Kier molecular flexibility index (Phi) is 7.04. The molecular weight excluding hydrogens is 465 g/mol. The van der Waals surface area contributed by atoms with Gasteiger partial charge in [0.1, 0.15) is 5.76 Å². The molecule has 1 aromatic heterocycles. The van der Waals surface area contributed by atoms with E-state index < -0.39 is 41.8 Å². The van der Waals surface area contributed by atoms with Crippen molar-refractivity contribution in [2.75, 3.05) is 6.54 Å². The molecular formula is C21H16ClF3N4O4. The number of furan rings is 1. The van der Waals surface area contributed by atoms with Crippen LogP contribution in [-0.2, 0) is 11.0 Å². The van der Waals surface area contributed by atoms with Crippen molar-refractivity contribution in [2.45, 2.75) is 6.18 Å². The van der Waals surface area contributed by atoms with Crippen molar-refractivity contribution in [3.63, 3.8) is 0 Å². The minimum absolute atomic E-state index is 0.132. The summed E-state index contributed by atoms with van der Waals surface area (Å²) in [5.41, 5.74) is 8.51. The summed E-state index contributed by atoms with van der Waals surface area (Å²) >= 11 is 5.77.